The molecular formula is C11H18O. The van der Waals surface area contributed by atoms with Gasteiger partial charge in [0.25, 0.3) is 0 Å². The van der Waals surface area contributed by atoms with Crippen LogP contribution in [-0.4, -0.2) is 11.2 Å². The predicted molar refractivity (Wildman–Crippen MR) is 49.8 cm³/mol. The third-order valence-corrected chi connectivity index (χ3v) is 3.99. The fourth-order valence-electron chi connectivity index (χ4n) is 2.61. The van der Waals surface area contributed by atoms with Crippen molar-refractivity contribution in [1.29, 1.82) is 0 Å². The monoisotopic (exact) mass is 166 g/mol. The molecule has 68 valence electrons. The molecule has 12 heavy (non-hydrogen) atoms. The Kier molecular flexibility index (Phi) is 1.63. The second-order valence-corrected chi connectivity index (χ2v) is 4.94. The number of hydrogen-bond acceptors (Lipinski definition) is 1. The van der Waals surface area contributed by atoms with Crippen molar-refractivity contribution in [3.63, 3.8) is 0 Å². The molecule has 0 aliphatic heterocycles. The Hall–Kier alpha value is -0.300. The summed E-state index contributed by atoms with van der Waals surface area (Å²) in [7, 11) is 0. The number of hydrogen-bond donors (Lipinski definition) is 1. The number of aliphatic hydroxyl groups excluding tert-OH is 1. The summed E-state index contributed by atoms with van der Waals surface area (Å²) in [5, 5.41) is 9.86. The molecule has 1 heteroatoms. The van der Waals surface area contributed by atoms with Gasteiger partial charge in [-0.3, -0.25) is 0 Å². The van der Waals surface area contributed by atoms with Crippen LogP contribution in [0.4, 0.5) is 0 Å². The van der Waals surface area contributed by atoms with E-state index in [4.69, 9.17) is 0 Å². The zero-order valence-electron chi connectivity index (χ0n) is 8.01. The molecule has 2 fully saturated rings. The van der Waals surface area contributed by atoms with Crippen LogP contribution >= 0.6 is 0 Å². The van der Waals surface area contributed by atoms with E-state index in [1.54, 1.807) is 0 Å². The third kappa shape index (κ3) is 1.03. The predicted octanol–water partition coefficient (Wildman–Crippen LogP) is 2.36. The van der Waals surface area contributed by atoms with Crippen LogP contribution in [0.5, 0.6) is 0 Å². The van der Waals surface area contributed by atoms with Crippen molar-refractivity contribution < 1.29 is 5.11 Å². The third-order valence-electron chi connectivity index (χ3n) is 3.99. The Labute approximate surface area is 74.5 Å². The Bertz CT molecular complexity index is 221. The van der Waals surface area contributed by atoms with Gasteiger partial charge in [0, 0.05) is 0 Å². The van der Waals surface area contributed by atoms with E-state index in [1.807, 2.05) is 0 Å². The molecular weight excluding hydrogens is 148 g/mol. The van der Waals surface area contributed by atoms with Crippen molar-refractivity contribution >= 4 is 0 Å². The summed E-state index contributed by atoms with van der Waals surface area (Å²) >= 11 is 0. The Morgan fingerprint density at radius 3 is 2.67 bits per heavy atom. The van der Waals surface area contributed by atoms with Gasteiger partial charge < -0.3 is 5.11 Å². The lowest BCUT2D eigenvalue weighted by Gasteiger charge is -2.31. The SMILES string of the molecule is C=C(C)[C@H]1C[C@@H]2C[C@@]2(C)[C@@H](O)C1. The lowest BCUT2D eigenvalue weighted by Crippen LogP contribution is -2.29. The van der Waals surface area contributed by atoms with Gasteiger partial charge in [-0.25, -0.2) is 0 Å². The van der Waals surface area contributed by atoms with E-state index in [0.29, 0.717) is 5.92 Å². The Morgan fingerprint density at radius 1 is 1.50 bits per heavy atom. The number of fused-ring (bicyclic) bond motifs is 1. The van der Waals surface area contributed by atoms with Crippen molar-refractivity contribution in [3.8, 4) is 0 Å². The first-order valence-electron chi connectivity index (χ1n) is 4.87. The van der Waals surface area contributed by atoms with Gasteiger partial charge in [-0.1, -0.05) is 19.1 Å². The van der Waals surface area contributed by atoms with E-state index in [0.717, 1.165) is 12.3 Å². The van der Waals surface area contributed by atoms with Crippen LogP contribution in [0.3, 0.4) is 0 Å². The summed E-state index contributed by atoms with van der Waals surface area (Å²) in [5.74, 6) is 1.36. The maximum absolute atomic E-state index is 9.86. The fourth-order valence-corrected chi connectivity index (χ4v) is 2.61. The van der Waals surface area contributed by atoms with Gasteiger partial charge in [0.15, 0.2) is 0 Å². The molecule has 4 atom stereocenters. The first-order valence-corrected chi connectivity index (χ1v) is 4.87. The summed E-state index contributed by atoms with van der Waals surface area (Å²) in [4.78, 5) is 0. The topological polar surface area (TPSA) is 20.2 Å². The summed E-state index contributed by atoms with van der Waals surface area (Å²) in [5.41, 5.74) is 1.54. The van der Waals surface area contributed by atoms with E-state index < -0.39 is 0 Å². The molecule has 2 aliphatic rings. The minimum atomic E-state index is -0.0713. The molecule has 0 bridgehead atoms. The summed E-state index contributed by atoms with van der Waals surface area (Å²) in [6.45, 7) is 8.28. The molecule has 0 spiro atoms. The van der Waals surface area contributed by atoms with Crippen LogP contribution in [0.25, 0.3) is 0 Å². The first kappa shape index (κ1) is 8.31. The van der Waals surface area contributed by atoms with Gasteiger partial charge in [-0.15, -0.1) is 0 Å². The molecule has 1 N–H and O–H groups in total. The van der Waals surface area contributed by atoms with Gasteiger partial charge >= 0.3 is 0 Å². The molecule has 2 aliphatic carbocycles. The maximum Gasteiger partial charge on any atom is 0.0602 e. The Morgan fingerprint density at radius 2 is 2.17 bits per heavy atom. The van der Waals surface area contributed by atoms with Crippen LogP contribution < -0.4 is 0 Å². The minimum absolute atomic E-state index is 0.0713. The second-order valence-electron chi connectivity index (χ2n) is 4.94. The highest BCUT2D eigenvalue weighted by Crippen LogP contribution is 2.62. The molecule has 0 aromatic carbocycles. The molecule has 0 aromatic rings. The first-order chi connectivity index (χ1) is 5.54. The molecule has 0 heterocycles. The van der Waals surface area contributed by atoms with Gasteiger partial charge in [0.05, 0.1) is 6.10 Å². The van der Waals surface area contributed by atoms with Crippen molar-refractivity contribution in [2.75, 3.05) is 0 Å². The highest BCUT2D eigenvalue weighted by Gasteiger charge is 2.58. The molecule has 0 amide bonds. The lowest BCUT2D eigenvalue weighted by molar-refractivity contribution is 0.0485. The van der Waals surface area contributed by atoms with Crippen molar-refractivity contribution in [2.24, 2.45) is 17.3 Å². The van der Waals surface area contributed by atoms with Crippen LogP contribution in [-0.2, 0) is 0 Å². The van der Waals surface area contributed by atoms with E-state index in [1.165, 1.54) is 18.4 Å². The number of aliphatic hydroxyl groups is 1. The highest BCUT2D eigenvalue weighted by molar-refractivity contribution is 5.13. The summed E-state index contributed by atoms with van der Waals surface area (Å²) < 4.78 is 0. The van der Waals surface area contributed by atoms with Gasteiger partial charge in [0.1, 0.15) is 0 Å². The number of allylic oxidation sites excluding steroid dienone is 1. The van der Waals surface area contributed by atoms with Gasteiger partial charge in [-0.05, 0) is 43.4 Å². The van der Waals surface area contributed by atoms with Gasteiger partial charge in [-0.2, -0.15) is 0 Å². The van der Waals surface area contributed by atoms with E-state index in [2.05, 4.69) is 20.4 Å². The van der Waals surface area contributed by atoms with E-state index in [-0.39, 0.29) is 11.5 Å². The smallest absolute Gasteiger partial charge is 0.0602 e. The van der Waals surface area contributed by atoms with E-state index in [9.17, 15) is 5.11 Å². The summed E-state index contributed by atoms with van der Waals surface area (Å²) in [6.07, 6.45) is 3.38. The van der Waals surface area contributed by atoms with Gasteiger partial charge in [0.2, 0.25) is 0 Å². The molecule has 0 unspecified atom stereocenters. The highest BCUT2D eigenvalue weighted by atomic mass is 16.3. The van der Waals surface area contributed by atoms with Crippen LogP contribution in [0.1, 0.15) is 33.1 Å². The lowest BCUT2D eigenvalue weighted by atomic mass is 9.78. The normalized spacial score (nSPS) is 51.4. The van der Waals surface area contributed by atoms with Crippen LogP contribution in [0.2, 0.25) is 0 Å². The Balaban J connectivity index is 2.06. The number of rotatable bonds is 1. The van der Waals surface area contributed by atoms with Crippen molar-refractivity contribution in [1.82, 2.24) is 0 Å². The van der Waals surface area contributed by atoms with E-state index >= 15 is 0 Å². The molecule has 0 aromatic heterocycles. The molecule has 0 radical (unpaired) electrons. The summed E-state index contributed by atoms with van der Waals surface area (Å²) in [6, 6.07) is 0. The average Bonchev–Trinajstić information content (AvgIpc) is 2.62. The molecule has 0 saturated heterocycles. The molecule has 2 saturated carbocycles. The van der Waals surface area contributed by atoms with Crippen LogP contribution in [0.15, 0.2) is 12.2 Å². The standard InChI is InChI=1S/C11H18O/c1-7(2)8-4-9-6-11(9,3)10(12)5-8/h8-10,12H,1,4-6H2,2-3H3/t8-,9+,10-,11+/m0/s1. The maximum atomic E-state index is 9.86. The quantitative estimate of drug-likeness (QED) is 0.593. The molecule has 2 rings (SSSR count). The van der Waals surface area contributed by atoms with Crippen molar-refractivity contribution in [3.05, 3.63) is 12.2 Å². The second kappa shape index (κ2) is 2.35. The zero-order valence-corrected chi connectivity index (χ0v) is 8.01. The van der Waals surface area contributed by atoms with Crippen molar-refractivity contribution in [2.45, 2.75) is 39.2 Å². The minimum Gasteiger partial charge on any atom is -0.393 e. The molecule has 1 nitrogen and oxygen atoms in total. The van der Waals surface area contributed by atoms with Crippen LogP contribution in [0, 0.1) is 17.3 Å². The largest absolute Gasteiger partial charge is 0.393 e. The zero-order chi connectivity index (χ0) is 8.93. The fraction of sp³-hybridized carbons (Fsp3) is 0.818. The average molecular weight is 166 g/mol.